The van der Waals surface area contributed by atoms with Gasteiger partial charge in [-0.1, -0.05) is 19.1 Å². The third-order valence-electron chi connectivity index (χ3n) is 3.53. The molecule has 0 aliphatic rings. The van der Waals surface area contributed by atoms with Gasteiger partial charge in [-0.3, -0.25) is 0 Å². The monoisotopic (exact) mass is 317 g/mol. The third-order valence-corrected chi connectivity index (χ3v) is 3.53. The van der Waals surface area contributed by atoms with Gasteiger partial charge < -0.3 is 15.7 Å². The zero-order chi connectivity index (χ0) is 16.8. The van der Waals surface area contributed by atoms with E-state index in [1.54, 1.807) is 0 Å². The second-order valence-electron chi connectivity index (χ2n) is 5.45. The molecule has 2 aromatic rings. The first-order chi connectivity index (χ1) is 11.0. The van der Waals surface area contributed by atoms with Crippen molar-refractivity contribution in [2.24, 2.45) is 0 Å². The first kappa shape index (κ1) is 17.0. The lowest BCUT2D eigenvalue weighted by Crippen LogP contribution is -2.39. The summed E-state index contributed by atoms with van der Waals surface area (Å²) >= 11 is 0. The van der Waals surface area contributed by atoms with Crippen LogP contribution in [-0.2, 0) is 6.54 Å². The molecule has 23 heavy (non-hydrogen) atoms. The van der Waals surface area contributed by atoms with E-state index in [2.05, 4.69) is 20.7 Å². The van der Waals surface area contributed by atoms with Crippen LogP contribution in [0.25, 0.3) is 0 Å². The molecule has 2 amide bonds. The van der Waals surface area contributed by atoms with Gasteiger partial charge in [0.1, 0.15) is 11.6 Å². The number of carbonyl (C=O) groups excluding carboxylic acids is 1. The second-order valence-corrected chi connectivity index (χ2v) is 5.45. The van der Waals surface area contributed by atoms with Crippen LogP contribution in [0.1, 0.15) is 30.6 Å². The van der Waals surface area contributed by atoms with Crippen LogP contribution in [0.15, 0.2) is 24.3 Å². The highest BCUT2D eigenvalue weighted by Crippen LogP contribution is 2.12. The van der Waals surface area contributed by atoms with E-state index in [1.807, 2.05) is 49.7 Å². The number of amides is 2. The average molecular weight is 317 g/mol. The molecule has 0 aliphatic carbocycles. The molecule has 1 aromatic heterocycles. The average Bonchev–Trinajstić information content (AvgIpc) is 2.82. The Kier molecular flexibility index (Phi) is 5.70. The van der Waals surface area contributed by atoms with Crippen molar-refractivity contribution >= 4 is 11.7 Å². The number of aliphatic hydroxyl groups excluding tert-OH is 1. The molecule has 1 unspecified atom stereocenters. The maximum atomic E-state index is 11.9. The summed E-state index contributed by atoms with van der Waals surface area (Å²) in [6.07, 6.45) is 0.675. The van der Waals surface area contributed by atoms with Crippen LogP contribution in [0.2, 0.25) is 0 Å². The number of rotatable bonds is 6. The number of aromatic nitrogens is 3. The SMILES string of the molecule is CCC(CO)NC(=O)Nc1cccc(Cn2nc(C)nc2C)c1. The normalized spacial score (nSPS) is 12.0. The van der Waals surface area contributed by atoms with Crippen LogP contribution < -0.4 is 10.6 Å². The smallest absolute Gasteiger partial charge is 0.319 e. The van der Waals surface area contributed by atoms with E-state index in [4.69, 9.17) is 5.11 Å². The van der Waals surface area contributed by atoms with E-state index < -0.39 is 0 Å². The minimum atomic E-state index is -0.323. The molecule has 124 valence electrons. The van der Waals surface area contributed by atoms with Gasteiger partial charge in [-0.15, -0.1) is 0 Å². The zero-order valence-corrected chi connectivity index (χ0v) is 13.7. The number of hydrogen-bond acceptors (Lipinski definition) is 4. The lowest BCUT2D eigenvalue weighted by atomic mass is 10.2. The number of benzene rings is 1. The Morgan fingerprint density at radius 1 is 1.39 bits per heavy atom. The number of nitrogens with zero attached hydrogens (tertiary/aromatic N) is 3. The predicted molar refractivity (Wildman–Crippen MR) is 88.4 cm³/mol. The molecule has 0 fully saturated rings. The summed E-state index contributed by atoms with van der Waals surface area (Å²) in [5.74, 6) is 1.60. The summed E-state index contributed by atoms with van der Waals surface area (Å²) < 4.78 is 1.83. The Hall–Kier alpha value is -2.41. The summed E-state index contributed by atoms with van der Waals surface area (Å²) in [7, 11) is 0. The Morgan fingerprint density at radius 3 is 2.78 bits per heavy atom. The van der Waals surface area contributed by atoms with Gasteiger partial charge >= 0.3 is 6.03 Å². The molecule has 7 heteroatoms. The second kappa shape index (κ2) is 7.73. The van der Waals surface area contributed by atoms with Crippen molar-refractivity contribution in [3.63, 3.8) is 0 Å². The van der Waals surface area contributed by atoms with Crippen molar-refractivity contribution in [3.05, 3.63) is 41.5 Å². The lowest BCUT2D eigenvalue weighted by Gasteiger charge is -2.15. The third kappa shape index (κ3) is 4.79. The van der Waals surface area contributed by atoms with Crippen LogP contribution in [0.4, 0.5) is 10.5 Å². The van der Waals surface area contributed by atoms with Gasteiger partial charge in [-0.05, 0) is 38.0 Å². The molecule has 7 nitrogen and oxygen atoms in total. The predicted octanol–water partition coefficient (Wildman–Crippen LogP) is 1.84. The Bertz CT molecular complexity index is 664. The fraction of sp³-hybridized carbons (Fsp3) is 0.438. The Balaban J connectivity index is 2.02. The molecule has 2 rings (SSSR count). The quantitative estimate of drug-likeness (QED) is 0.758. The van der Waals surface area contributed by atoms with Crippen molar-refractivity contribution in [1.82, 2.24) is 20.1 Å². The molecule has 1 heterocycles. The molecular weight excluding hydrogens is 294 g/mol. The number of aliphatic hydroxyl groups is 1. The number of urea groups is 1. The standard InChI is InChI=1S/C16H23N5O2/c1-4-14(10-22)18-16(23)19-15-7-5-6-13(8-15)9-21-12(3)17-11(2)20-21/h5-8,14,22H,4,9-10H2,1-3H3,(H2,18,19,23). The summed E-state index contributed by atoms with van der Waals surface area (Å²) in [6, 6.07) is 7.02. The number of aryl methyl sites for hydroxylation is 2. The summed E-state index contributed by atoms with van der Waals surface area (Å²) in [5, 5.41) is 19.0. The van der Waals surface area contributed by atoms with Crippen molar-refractivity contribution in [1.29, 1.82) is 0 Å². The van der Waals surface area contributed by atoms with E-state index >= 15 is 0 Å². The topological polar surface area (TPSA) is 92.1 Å². The Labute approximate surface area is 135 Å². The molecule has 3 N–H and O–H groups in total. The van der Waals surface area contributed by atoms with Gasteiger partial charge in [0.25, 0.3) is 0 Å². The van der Waals surface area contributed by atoms with Gasteiger partial charge in [0, 0.05) is 5.69 Å². The lowest BCUT2D eigenvalue weighted by molar-refractivity contribution is 0.222. The first-order valence-electron chi connectivity index (χ1n) is 7.67. The molecule has 0 spiro atoms. The maximum Gasteiger partial charge on any atom is 0.319 e. The van der Waals surface area contributed by atoms with E-state index in [0.29, 0.717) is 18.7 Å². The van der Waals surface area contributed by atoms with E-state index in [9.17, 15) is 4.79 Å². The highest BCUT2D eigenvalue weighted by molar-refractivity contribution is 5.89. The van der Waals surface area contributed by atoms with Gasteiger partial charge in [0.15, 0.2) is 0 Å². The van der Waals surface area contributed by atoms with Gasteiger partial charge in [-0.25, -0.2) is 14.5 Å². The van der Waals surface area contributed by atoms with E-state index in [-0.39, 0.29) is 18.7 Å². The molecule has 0 aliphatic heterocycles. The van der Waals surface area contributed by atoms with Crippen molar-refractivity contribution in [3.8, 4) is 0 Å². The van der Waals surface area contributed by atoms with Crippen molar-refractivity contribution < 1.29 is 9.90 Å². The minimum Gasteiger partial charge on any atom is -0.394 e. The van der Waals surface area contributed by atoms with Gasteiger partial charge in [-0.2, -0.15) is 5.10 Å². The van der Waals surface area contributed by atoms with Gasteiger partial charge in [0.05, 0.1) is 19.2 Å². The molecule has 1 atom stereocenters. The first-order valence-corrected chi connectivity index (χ1v) is 7.67. The van der Waals surface area contributed by atoms with Crippen LogP contribution in [-0.4, -0.2) is 38.6 Å². The Morgan fingerprint density at radius 2 is 2.17 bits per heavy atom. The van der Waals surface area contributed by atoms with Gasteiger partial charge in [0.2, 0.25) is 0 Å². The van der Waals surface area contributed by atoms with E-state index in [1.165, 1.54) is 0 Å². The maximum absolute atomic E-state index is 11.9. The van der Waals surface area contributed by atoms with Crippen LogP contribution >= 0.6 is 0 Å². The van der Waals surface area contributed by atoms with E-state index in [0.717, 1.165) is 17.2 Å². The fourth-order valence-electron chi connectivity index (χ4n) is 2.26. The molecular formula is C16H23N5O2. The molecule has 0 saturated carbocycles. The molecule has 0 radical (unpaired) electrons. The molecule has 1 aromatic carbocycles. The molecule has 0 saturated heterocycles. The summed E-state index contributed by atoms with van der Waals surface area (Å²) in [4.78, 5) is 16.2. The number of nitrogens with one attached hydrogen (secondary N) is 2. The fourth-order valence-corrected chi connectivity index (χ4v) is 2.26. The summed E-state index contributed by atoms with van der Waals surface area (Å²) in [6.45, 7) is 6.20. The number of anilines is 1. The number of hydrogen-bond donors (Lipinski definition) is 3. The number of carbonyl (C=O) groups is 1. The van der Waals surface area contributed by atoms with Crippen LogP contribution in [0.5, 0.6) is 0 Å². The van der Waals surface area contributed by atoms with Crippen molar-refractivity contribution in [2.75, 3.05) is 11.9 Å². The van der Waals surface area contributed by atoms with Crippen LogP contribution in [0.3, 0.4) is 0 Å². The van der Waals surface area contributed by atoms with Crippen LogP contribution in [0, 0.1) is 13.8 Å². The highest BCUT2D eigenvalue weighted by atomic mass is 16.3. The largest absolute Gasteiger partial charge is 0.394 e. The van der Waals surface area contributed by atoms with Crippen molar-refractivity contribution in [2.45, 2.75) is 39.8 Å². The zero-order valence-electron chi connectivity index (χ0n) is 13.7. The minimum absolute atomic E-state index is 0.0745. The molecule has 0 bridgehead atoms. The highest BCUT2D eigenvalue weighted by Gasteiger charge is 2.09. The summed E-state index contributed by atoms with van der Waals surface area (Å²) in [5.41, 5.74) is 1.72.